The van der Waals surface area contributed by atoms with E-state index >= 15 is 0 Å². The maximum absolute atomic E-state index is 8.32. The summed E-state index contributed by atoms with van der Waals surface area (Å²) in [5, 5.41) is 9.39. The molecular formula is C8H4Cl2LiN. The van der Waals surface area contributed by atoms with Gasteiger partial charge in [0, 0.05) is 11.1 Å². The molecule has 0 spiro atoms. The summed E-state index contributed by atoms with van der Waals surface area (Å²) < 4.78 is 0. The van der Waals surface area contributed by atoms with Crippen molar-refractivity contribution in [3.8, 4) is 6.07 Å². The van der Waals surface area contributed by atoms with E-state index in [0.29, 0.717) is 15.6 Å². The van der Waals surface area contributed by atoms with Gasteiger partial charge in [0.05, 0.1) is 0 Å². The van der Waals surface area contributed by atoms with Crippen LogP contribution in [-0.2, 0) is 0 Å². The summed E-state index contributed by atoms with van der Waals surface area (Å²) in [6.45, 7) is 0. The van der Waals surface area contributed by atoms with Gasteiger partial charge in [-0.05, 0) is 0 Å². The third-order valence-electron chi connectivity index (χ3n) is 1.18. The molecule has 0 aliphatic rings. The zero-order valence-electron chi connectivity index (χ0n) is 6.51. The normalized spacial score (nSPS) is 8.08. The first-order valence-corrected chi connectivity index (χ1v) is 3.67. The Morgan fingerprint density at radius 3 is 2.50 bits per heavy atom. The molecule has 0 heterocycles. The van der Waals surface area contributed by atoms with E-state index in [2.05, 4.69) is 0 Å². The fourth-order valence-electron chi connectivity index (χ4n) is 0.688. The van der Waals surface area contributed by atoms with E-state index in [1.54, 1.807) is 18.2 Å². The predicted octanol–water partition coefficient (Wildman–Crippen LogP) is 0.0734. The van der Waals surface area contributed by atoms with Gasteiger partial charge in [-0.2, -0.15) is 23.2 Å². The second kappa shape index (κ2) is 5.41. The van der Waals surface area contributed by atoms with E-state index in [0.717, 1.165) is 0 Å². The van der Waals surface area contributed by atoms with Gasteiger partial charge in [-0.1, -0.05) is 35.2 Å². The van der Waals surface area contributed by atoms with Crippen LogP contribution in [0.25, 0.3) is 0 Å². The van der Waals surface area contributed by atoms with Gasteiger partial charge < -0.3 is 0 Å². The Morgan fingerprint density at radius 2 is 2.00 bits per heavy atom. The van der Waals surface area contributed by atoms with E-state index in [4.69, 9.17) is 28.5 Å². The van der Waals surface area contributed by atoms with Gasteiger partial charge in [-0.3, -0.25) is 0 Å². The molecule has 56 valence electrons. The number of nitrogens with zero attached hydrogens (tertiary/aromatic N) is 1. The number of hydrogen-bond donors (Lipinski definition) is 0. The number of nitriles is 1. The Labute approximate surface area is 93.5 Å². The minimum atomic E-state index is 0. The van der Waals surface area contributed by atoms with Crippen molar-refractivity contribution in [1.82, 2.24) is 0 Å². The smallest absolute Gasteiger partial charge is 0.208 e. The molecule has 0 saturated heterocycles. The first-order valence-electron chi connectivity index (χ1n) is 2.92. The standard InChI is InChI=1S/C8H4Cl2N.Li/c9-7-2-1-6(3-4-11)8(10)5-7;/h1-3,5H;/q-1;+1. The van der Waals surface area contributed by atoms with Crippen molar-refractivity contribution in [2.24, 2.45) is 0 Å². The van der Waals surface area contributed by atoms with Crippen molar-refractivity contribution in [3.63, 3.8) is 0 Å². The molecule has 1 aromatic carbocycles. The number of benzene rings is 1. The summed E-state index contributed by atoms with van der Waals surface area (Å²) >= 11 is 11.4. The predicted molar refractivity (Wildman–Crippen MR) is 45.5 cm³/mol. The van der Waals surface area contributed by atoms with Crippen LogP contribution >= 0.6 is 23.2 Å². The van der Waals surface area contributed by atoms with Gasteiger partial charge in [0.15, 0.2) is 0 Å². The van der Waals surface area contributed by atoms with Crippen molar-refractivity contribution >= 4 is 23.2 Å². The fraction of sp³-hybridized carbons (Fsp3) is 0. The molecule has 0 saturated carbocycles. The van der Waals surface area contributed by atoms with Crippen LogP contribution in [0.2, 0.25) is 10.0 Å². The van der Waals surface area contributed by atoms with E-state index in [1.807, 2.05) is 6.07 Å². The number of rotatable bonds is 1. The van der Waals surface area contributed by atoms with Gasteiger partial charge in [0.25, 0.3) is 0 Å². The summed E-state index contributed by atoms with van der Waals surface area (Å²) in [5.74, 6) is 0. The Kier molecular flexibility index (Phi) is 5.30. The molecule has 0 N–H and O–H groups in total. The van der Waals surface area contributed by atoms with Crippen LogP contribution in [0.1, 0.15) is 5.56 Å². The van der Waals surface area contributed by atoms with Crippen molar-refractivity contribution in [2.45, 2.75) is 0 Å². The maximum atomic E-state index is 8.32. The molecule has 1 rings (SSSR count). The van der Waals surface area contributed by atoms with Crippen molar-refractivity contribution in [1.29, 1.82) is 5.26 Å². The maximum Gasteiger partial charge on any atom is 1.00 e. The molecule has 0 aliphatic heterocycles. The molecule has 4 heteroatoms. The topological polar surface area (TPSA) is 23.8 Å². The third-order valence-corrected chi connectivity index (χ3v) is 1.74. The molecule has 0 unspecified atom stereocenters. The molecule has 1 nitrogen and oxygen atoms in total. The van der Waals surface area contributed by atoms with E-state index in [1.165, 1.54) is 6.42 Å². The van der Waals surface area contributed by atoms with Crippen LogP contribution < -0.4 is 18.9 Å². The van der Waals surface area contributed by atoms with Gasteiger partial charge in [0.1, 0.15) is 0 Å². The van der Waals surface area contributed by atoms with Crippen molar-refractivity contribution in [3.05, 3.63) is 40.2 Å². The SMILES string of the molecule is N#C[CH-]c1ccc(Cl)cc1Cl.[Li+]. The molecule has 0 radical (unpaired) electrons. The molecule has 0 atom stereocenters. The Bertz CT molecular complexity index is 306. The average molecular weight is 192 g/mol. The van der Waals surface area contributed by atoms with Crippen LogP contribution in [0.5, 0.6) is 0 Å². The molecule has 12 heavy (non-hydrogen) atoms. The Balaban J connectivity index is 0.00000121. The van der Waals surface area contributed by atoms with Crippen LogP contribution in [-0.4, -0.2) is 0 Å². The molecule has 0 aliphatic carbocycles. The van der Waals surface area contributed by atoms with Crippen molar-refractivity contribution < 1.29 is 18.9 Å². The first-order chi connectivity index (χ1) is 5.24. The zero-order chi connectivity index (χ0) is 8.27. The van der Waals surface area contributed by atoms with Crippen LogP contribution in [0.4, 0.5) is 0 Å². The summed E-state index contributed by atoms with van der Waals surface area (Å²) in [4.78, 5) is 0. The Morgan fingerprint density at radius 1 is 1.33 bits per heavy atom. The summed E-state index contributed by atoms with van der Waals surface area (Å²) in [6, 6.07) is 6.89. The molecular weight excluding hydrogens is 188 g/mol. The van der Waals surface area contributed by atoms with Crippen LogP contribution in [0.15, 0.2) is 18.2 Å². The summed E-state index contributed by atoms with van der Waals surface area (Å²) in [7, 11) is 0. The van der Waals surface area contributed by atoms with Gasteiger partial charge in [-0.15, -0.1) is 0 Å². The fourth-order valence-corrected chi connectivity index (χ4v) is 1.15. The zero-order valence-corrected chi connectivity index (χ0v) is 8.02. The molecule has 0 aromatic heterocycles. The largest absolute Gasteiger partial charge is 1.00 e. The second-order valence-corrected chi connectivity index (χ2v) is 2.78. The minimum absolute atomic E-state index is 0. The minimum Gasteiger partial charge on any atom is -0.208 e. The van der Waals surface area contributed by atoms with Crippen molar-refractivity contribution in [2.75, 3.05) is 0 Å². The first kappa shape index (κ1) is 11.8. The van der Waals surface area contributed by atoms with Gasteiger partial charge >= 0.3 is 18.9 Å². The van der Waals surface area contributed by atoms with Crippen LogP contribution in [0.3, 0.4) is 0 Å². The molecule has 1 aromatic rings. The van der Waals surface area contributed by atoms with E-state index in [-0.39, 0.29) is 18.9 Å². The molecule has 0 bridgehead atoms. The van der Waals surface area contributed by atoms with E-state index in [9.17, 15) is 0 Å². The third kappa shape index (κ3) is 3.01. The van der Waals surface area contributed by atoms with Gasteiger partial charge in [0.2, 0.25) is 0 Å². The summed E-state index contributed by atoms with van der Waals surface area (Å²) in [6.07, 6.45) is 1.37. The second-order valence-electron chi connectivity index (χ2n) is 1.94. The number of halogens is 2. The monoisotopic (exact) mass is 191 g/mol. The summed E-state index contributed by atoms with van der Waals surface area (Å²) in [5.41, 5.74) is 0.693. The van der Waals surface area contributed by atoms with Crippen LogP contribution in [0, 0.1) is 17.8 Å². The molecule has 0 fully saturated rings. The molecule has 0 amide bonds. The average Bonchev–Trinajstić information content (AvgIpc) is 1.95. The van der Waals surface area contributed by atoms with E-state index < -0.39 is 0 Å². The van der Waals surface area contributed by atoms with Gasteiger partial charge in [-0.25, -0.2) is 5.26 Å². The Hall–Kier alpha value is -0.243. The quantitative estimate of drug-likeness (QED) is 0.456. The number of hydrogen-bond acceptors (Lipinski definition) is 1.